The largest absolute Gasteiger partial charge is 1.00 e. The zero-order valence-electron chi connectivity index (χ0n) is 12.3. The molecule has 0 saturated heterocycles. The highest BCUT2D eigenvalue weighted by Crippen LogP contribution is 2.09. The molecule has 1 aromatic rings. The third-order valence-electron chi connectivity index (χ3n) is 3.18. The van der Waals surface area contributed by atoms with Gasteiger partial charge in [-0.2, -0.15) is 0 Å². The normalized spacial score (nSPS) is 11.4. The van der Waals surface area contributed by atoms with E-state index in [1.54, 1.807) is 0 Å². The summed E-state index contributed by atoms with van der Waals surface area (Å²) >= 11 is 0. The number of quaternary nitrogens is 1. The molecule has 1 nitrogen and oxygen atoms in total. The lowest BCUT2D eigenvalue weighted by atomic mass is 10.1. The van der Waals surface area contributed by atoms with Crippen LogP contribution in [0.25, 0.3) is 0 Å². The van der Waals surface area contributed by atoms with Crippen LogP contribution in [0.15, 0.2) is 30.3 Å². The predicted molar refractivity (Wildman–Crippen MR) is 76.1 cm³/mol. The summed E-state index contributed by atoms with van der Waals surface area (Å²) in [7, 11) is 4.70. The van der Waals surface area contributed by atoms with Gasteiger partial charge in [-0.3, -0.25) is 0 Å². The summed E-state index contributed by atoms with van der Waals surface area (Å²) in [6.45, 7) is 7.20. The van der Waals surface area contributed by atoms with E-state index in [1.807, 2.05) is 0 Å². The molecule has 0 atom stereocenters. The Bertz CT molecular complexity index is 306. The first-order valence-electron chi connectivity index (χ1n) is 6.85. The second-order valence-corrected chi connectivity index (χ2v) is 6.18. The summed E-state index contributed by atoms with van der Waals surface area (Å²) in [6.07, 6.45) is 3.86. The minimum Gasteiger partial charge on any atom is -1.00 e. The molecule has 0 unspecified atom stereocenters. The summed E-state index contributed by atoms with van der Waals surface area (Å²) in [4.78, 5) is 0. The van der Waals surface area contributed by atoms with Gasteiger partial charge in [-0.1, -0.05) is 44.2 Å². The van der Waals surface area contributed by atoms with E-state index in [1.165, 1.54) is 37.9 Å². The third-order valence-corrected chi connectivity index (χ3v) is 3.18. The molecule has 1 rings (SSSR count). The monoisotopic (exact) mass is 313 g/mol. The standard InChI is InChI=1S/C16H28N.BrH/c1-15(2)14-17(3,4)13-9-8-12-16-10-6-5-7-11-16;/h5-7,10-11,15H,8-9,12-14H2,1-4H3;1H/q+1;/p-1. The van der Waals surface area contributed by atoms with Crippen LogP contribution in [0.3, 0.4) is 0 Å². The minimum absolute atomic E-state index is 0. The van der Waals surface area contributed by atoms with Crippen LogP contribution in [0.4, 0.5) is 0 Å². The number of aryl methyl sites for hydroxylation is 1. The number of halogens is 1. The predicted octanol–water partition coefficient (Wildman–Crippen LogP) is 0.746. The molecule has 0 fully saturated rings. The van der Waals surface area contributed by atoms with Crippen LogP contribution in [0.1, 0.15) is 32.3 Å². The third kappa shape index (κ3) is 7.88. The van der Waals surface area contributed by atoms with Crippen LogP contribution < -0.4 is 17.0 Å². The Hall–Kier alpha value is -0.340. The smallest absolute Gasteiger partial charge is 0.0805 e. The molecule has 18 heavy (non-hydrogen) atoms. The van der Waals surface area contributed by atoms with Crippen LogP contribution in [0.5, 0.6) is 0 Å². The van der Waals surface area contributed by atoms with E-state index in [2.05, 4.69) is 58.3 Å². The fourth-order valence-electron chi connectivity index (χ4n) is 2.59. The van der Waals surface area contributed by atoms with Gasteiger partial charge in [0, 0.05) is 5.92 Å². The van der Waals surface area contributed by atoms with Gasteiger partial charge >= 0.3 is 0 Å². The van der Waals surface area contributed by atoms with E-state index >= 15 is 0 Å². The summed E-state index contributed by atoms with van der Waals surface area (Å²) in [5.74, 6) is 0.791. The molecule has 0 aliphatic carbocycles. The van der Waals surface area contributed by atoms with Gasteiger partial charge in [0.05, 0.1) is 27.2 Å². The van der Waals surface area contributed by atoms with Crippen molar-refractivity contribution in [2.75, 3.05) is 27.2 Å². The molecule has 0 spiro atoms. The van der Waals surface area contributed by atoms with E-state index in [9.17, 15) is 0 Å². The summed E-state index contributed by atoms with van der Waals surface area (Å²) in [6, 6.07) is 10.8. The van der Waals surface area contributed by atoms with Crippen LogP contribution in [0, 0.1) is 5.92 Å². The summed E-state index contributed by atoms with van der Waals surface area (Å²) < 4.78 is 1.16. The van der Waals surface area contributed by atoms with Gasteiger partial charge in [0.1, 0.15) is 0 Å². The molecule has 0 aliphatic rings. The number of rotatable bonds is 7. The van der Waals surface area contributed by atoms with Crippen LogP contribution >= 0.6 is 0 Å². The Labute approximate surface area is 124 Å². The second kappa shape index (κ2) is 8.71. The number of hydrogen-bond donors (Lipinski definition) is 0. The maximum Gasteiger partial charge on any atom is 0.0805 e. The lowest BCUT2D eigenvalue weighted by Crippen LogP contribution is -3.00. The Kier molecular flexibility index (Phi) is 8.54. The van der Waals surface area contributed by atoms with Crippen LogP contribution in [-0.4, -0.2) is 31.7 Å². The number of unbranched alkanes of at least 4 members (excludes halogenated alkanes) is 1. The van der Waals surface area contributed by atoms with Crippen molar-refractivity contribution in [3.05, 3.63) is 35.9 Å². The maximum absolute atomic E-state index is 2.35. The van der Waals surface area contributed by atoms with E-state index in [0.717, 1.165) is 10.4 Å². The number of benzene rings is 1. The van der Waals surface area contributed by atoms with Crippen LogP contribution in [0.2, 0.25) is 0 Å². The molecule has 2 heteroatoms. The molecule has 104 valence electrons. The molecule has 0 aromatic heterocycles. The Morgan fingerprint density at radius 2 is 1.61 bits per heavy atom. The average molecular weight is 314 g/mol. The lowest BCUT2D eigenvalue weighted by molar-refractivity contribution is -0.893. The molecule has 0 amide bonds. The van der Waals surface area contributed by atoms with Gasteiger partial charge in [-0.25, -0.2) is 0 Å². The molecule has 0 radical (unpaired) electrons. The topological polar surface area (TPSA) is 0 Å². The Balaban J connectivity index is 0.00000289. The van der Waals surface area contributed by atoms with Crippen molar-refractivity contribution >= 4 is 0 Å². The zero-order chi connectivity index (χ0) is 12.7. The van der Waals surface area contributed by atoms with Crippen molar-refractivity contribution in [2.24, 2.45) is 5.92 Å². The first-order valence-corrected chi connectivity index (χ1v) is 6.85. The van der Waals surface area contributed by atoms with E-state index in [0.29, 0.717) is 0 Å². The number of nitrogens with zero attached hydrogens (tertiary/aromatic N) is 1. The molecule has 0 aliphatic heterocycles. The first-order chi connectivity index (χ1) is 7.99. The summed E-state index contributed by atoms with van der Waals surface area (Å²) in [5, 5.41) is 0. The molecule has 0 bridgehead atoms. The van der Waals surface area contributed by atoms with E-state index in [-0.39, 0.29) is 17.0 Å². The van der Waals surface area contributed by atoms with Gasteiger partial charge in [-0.05, 0) is 24.8 Å². The van der Waals surface area contributed by atoms with E-state index in [4.69, 9.17) is 0 Å². The fraction of sp³-hybridized carbons (Fsp3) is 0.625. The molecule has 0 N–H and O–H groups in total. The van der Waals surface area contributed by atoms with Crippen molar-refractivity contribution in [2.45, 2.75) is 33.1 Å². The highest BCUT2D eigenvalue weighted by molar-refractivity contribution is 5.14. The van der Waals surface area contributed by atoms with Gasteiger partial charge < -0.3 is 21.5 Å². The highest BCUT2D eigenvalue weighted by atomic mass is 79.9. The quantitative estimate of drug-likeness (QED) is 0.515. The van der Waals surface area contributed by atoms with Crippen LogP contribution in [-0.2, 0) is 6.42 Å². The highest BCUT2D eigenvalue weighted by Gasteiger charge is 2.15. The van der Waals surface area contributed by atoms with Crippen molar-refractivity contribution in [1.29, 1.82) is 0 Å². The van der Waals surface area contributed by atoms with Gasteiger partial charge in [0.25, 0.3) is 0 Å². The van der Waals surface area contributed by atoms with Gasteiger partial charge in [-0.15, -0.1) is 0 Å². The van der Waals surface area contributed by atoms with E-state index < -0.39 is 0 Å². The molecule has 0 heterocycles. The van der Waals surface area contributed by atoms with Crippen molar-refractivity contribution in [3.8, 4) is 0 Å². The van der Waals surface area contributed by atoms with Crippen molar-refractivity contribution in [1.82, 2.24) is 0 Å². The first kappa shape index (κ1) is 17.7. The van der Waals surface area contributed by atoms with Gasteiger partial charge in [0.2, 0.25) is 0 Å². The minimum atomic E-state index is 0. The Morgan fingerprint density at radius 3 is 2.17 bits per heavy atom. The van der Waals surface area contributed by atoms with Gasteiger partial charge in [0.15, 0.2) is 0 Å². The van der Waals surface area contributed by atoms with Crippen molar-refractivity contribution < 1.29 is 21.5 Å². The zero-order valence-corrected chi connectivity index (χ0v) is 13.9. The molecular weight excluding hydrogens is 286 g/mol. The number of hydrogen-bond acceptors (Lipinski definition) is 0. The fourth-order valence-corrected chi connectivity index (χ4v) is 2.59. The lowest BCUT2D eigenvalue weighted by Gasteiger charge is -2.31. The molecule has 0 saturated carbocycles. The summed E-state index contributed by atoms with van der Waals surface area (Å²) in [5.41, 5.74) is 1.47. The molecular formula is C16H28BrN. The maximum atomic E-state index is 2.35. The van der Waals surface area contributed by atoms with Crippen molar-refractivity contribution in [3.63, 3.8) is 0 Å². The Morgan fingerprint density at radius 1 is 1.00 bits per heavy atom. The average Bonchev–Trinajstić information content (AvgIpc) is 2.24. The SMILES string of the molecule is CC(C)C[N+](C)(C)CCCCc1ccccc1.[Br-]. The molecule has 1 aromatic carbocycles. The second-order valence-electron chi connectivity index (χ2n) is 6.18.